The third-order valence-corrected chi connectivity index (χ3v) is 14.7. The zero-order chi connectivity index (χ0) is 49.3. The van der Waals surface area contributed by atoms with E-state index in [1.807, 2.05) is 76.2 Å². The van der Waals surface area contributed by atoms with E-state index in [0.29, 0.717) is 50.5 Å². The summed E-state index contributed by atoms with van der Waals surface area (Å²) in [4.78, 5) is 81.6. The molecule has 4 amide bonds. The minimum atomic E-state index is -1.04. The summed E-state index contributed by atoms with van der Waals surface area (Å²) in [6.07, 6.45) is 11.2. The van der Waals surface area contributed by atoms with E-state index >= 15 is 0 Å². The van der Waals surface area contributed by atoms with Gasteiger partial charge in [-0.25, -0.2) is 9.59 Å². The van der Waals surface area contributed by atoms with Gasteiger partial charge in [0, 0.05) is 38.8 Å². The van der Waals surface area contributed by atoms with Crippen LogP contribution in [0.5, 0.6) is 11.5 Å². The van der Waals surface area contributed by atoms with Gasteiger partial charge in [0.2, 0.25) is 23.6 Å². The number of nitrogens with one attached hydrogen (secondary N) is 2. The van der Waals surface area contributed by atoms with Crippen LogP contribution in [0.4, 0.5) is 0 Å². The van der Waals surface area contributed by atoms with Gasteiger partial charge in [-0.1, -0.05) is 62.8 Å². The standard InChI is InChI=1S/C27H38N2O6.C26H36N2O6/c1-27(2)12-13-34-20-11-7-8-18(14-20)15-23(30)28-24(19-9-5-4-6-10-19)25(31)29-17-21(35-27)16-22(29)26(32)33-3;1-26(2)11-12-33-19-10-6-7-17(13-19)14-22(29)27-23(18-8-4-3-5-9-18)24(30)28-16-20(34-26)15-21(28)25(31)32/h7-8,11,14,19,21-22,24H,4-6,9-10,12-13,15-17H2,1-3H3,(H,28,30);6-7,10,13,18,20-21,23H,3-5,8-9,11-12,14-16H2,1-2H3,(H,27,29)(H,31,32)/t21-,22+,24+;20-,21+,23+/m11/s1. The number of rotatable bonds is 4. The van der Waals surface area contributed by atoms with Crippen molar-refractivity contribution in [3.63, 3.8) is 0 Å². The molecule has 2 aromatic carbocycles. The molecule has 4 fully saturated rings. The van der Waals surface area contributed by atoms with Crippen LogP contribution in [0.15, 0.2) is 48.5 Å². The third-order valence-electron chi connectivity index (χ3n) is 14.7. The first kappa shape index (κ1) is 51.6. The zero-order valence-electron chi connectivity index (χ0n) is 41.2. The van der Waals surface area contributed by atoms with Crippen molar-refractivity contribution in [2.45, 2.75) is 178 Å². The van der Waals surface area contributed by atoms with Gasteiger partial charge in [-0.05, 0) is 101 Å². The molecule has 0 spiro atoms. The van der Waals surface area contributed by atoms with Gasteiger partial charge in [-0.3, -0.25) is 19.2 Å². The summed E-state index contributed by atoms with van der Waals surface area (Å²) in [5.41, 5.74) is 0.581. The Kier molecular flexibility index (Phi) is 17.3. The van der Waals surface area contributed by atoms with E-state index in [9.17, 15) is 33.9 Å². The second kappa shape index (κ2) is 23.1. The quantitative estimate of drug-likeness (QED) is 0.306. The Morgan fingerprint density at radius 2 is 1.06 bits per heavy atom. The van der Waals surface area contributed by atoms with Crippen molar-refractivity contribution in [2.75, 3.05) is 33.4 Å². The predicted molar refractivity (Wildman–Crippen MR) is 255 cm³/mol. The lowest BCUT2D eigenvalue weighted by atomic mass is 9.83. The number of fused-ring (bicyclic) bond motifs is 8. The predicted octanol–water partition coefficient (Wildman–Crippen LogP) is 5.94. The van der Waals surface area contributed by atoms with Crippen molar-refractivity contribution in [2.24, 2.45) is 11.8 Å². The number of carboxylic acids is 1. The van der Waals surface area contributed by atoms with E-state index in [4.69, 9.17) is 23.7 Å². The monoisotopic (exact) mass is 959 g/mol. The van der Waals surface area contributed by atoms with Crippen molar-refractivity contribution in [3.8, 4) is 11.5 Å². The Hall–Kier alpha value is -5.22. The van der Waals surface area contributed by atoms with Gasteiger partial charge >= 0.3 is 11.9 Å². The number of benzene rings is 2. The first-order chi connectivity index (χ1) is 33.0. The topological polar surface area (TPSA) is 199 Å². The van der Waals surface area contributed by atoms with Crippen molar-refractivity contribution in [3.05, 3.63) is 59.7 Å². The second-order valence-electron chi connectivity index (χ2n) is 21.1. The molecule has 2 saturated heterocycles. The van der Waals surface area contributed by atoms with E-state index in [1.54, 1.807) is 4.90 Å². The number of esters is 1. The Labute approximate surface area is 406 Å². The van der Waals surface area contributed by atoms with Crippen LogP contribution in [-0.2, 0) is 55.8 Å². The first-order valence-corrected chi connectivity index (χ1v) is 25.3. The molecule has 0 unspecified atom stereocenters. The molecule has 378 valence electrons. The molecule has 6 aliphatic rings. The highest BCUT2D eigenvalue weighted by Gasteiger charge is 2.48. The summed E-state index contributed by atoms with van der Waals surface area (Å²) in [5.74, 6) is -1.02. The number of methoxy groups -OCH3 is 1. The molecule has 3 N–H and O–H groups in total. The first-order valence-electron chi connectivity index (χ1n) is 25.3. The fourth-order valence-electron chi connectivity index (χ4n) is 11.1. The molecule has 16 nitrogen and oxygen atoms in total. The summed E-state index contributed by atoms with van der Waals surface area (Å²) in [7, 11) is 1.34. The molecule has 0 aromatic heterocycles. The van der Waals surface area contributed by atoms with Crippen LogP contribution in [0.1, 0.15) is 129 Å². The number of hydrogen-bond donors (Lipinski definition) is 3. The minimum absolute atomic E-state index is 0.00426. The molecule has 2 aliphatic carbocycles. The van der Waals surface area contributed by atoms with E-state index in [0.717, 1.165) is 75.3 Å². The van der Waals surface area contributed by atoms with Crippen molar-refractivity contribution >= 4 is 35.6 Å². The SMILES string of the molecule is CC1(C)CCOc2cccc(c2)CC(=O)N[C@@H](C2CCCCC2)C(=O)N2C[C@@H](C[C@H]2C(=O)O)O1.COC(=O)[C@@H]1C[C@@H]2CN1C(=O)[C@H](C1CCCCC1)NC(=O)Cc1cccc(c1)OCCC(C)(C)O2. The van der Waals surface area contributed by atoms with E-state index in [1.165, 1.54) is 12.0 Å². The molecule has 69 heavy (non-hydrogen) atoms. The molecule has 16 heteroatoms. The van der Waals surface area contributed by atoms with E-state index < -0.39 is 47.3 Å². The number of hydrogen-bond acceptors (Lipinski definition) is 11. The van der Waals surface area contributed by atoms with Crippen LogP contribution in [0.2, 0.25) is 0 Å². The lowest BCUT2D eigenvalue weighted by Crippen LogP contribution is -2.55. The Morgan fingerprint density at radius 3 is 1.48 bits per heavy atom. The average molecular weight is 959 g/mol. The average Bonchev–Trinajstić information content (AvgIpc) is 3.94. The molecule has 2 saturated carbocycles. The molecule has 6 atom stereocenters. The van der Waals surface area contributed by atoms with Gasteiger partial charge < -0.3 is 49.2 Å². The number of amides is 4. The Bertz CT molecular complexity index is 2130. The van der Waals surface area contributed by atoms with Gasteiger partial charge in [0.15, 0.2) is 0 Å². The van der Waals surface area contributed by atoms with Gasteiger partial charge in [0.05, 0.1) is 56.6 Å². The van der Waals surface area contributed by atoms with Gasteiger partial charge in [-0.2, -0.15) is 0 Å². The maximum atomic E-state index is 13.9. The van der Waals surface area contributed by atoms with Crippen LogP contribution in [0.3, 0.4) is 0 Å². The molecule has 2 aromatic rings. The van der Waals surface area contributed by atoms with Crippen molar-refractivity contribution < 1.29 is 57.6 Å². The number of ether oxygens (including phenoxy) is 5. The highest BCUT2D eigenvalue weighted by molar-refractivity contribution is 5.93. The number of nitrogens with zero attached hydrogens (tertiary/aromatic N) is 2. The lowest BCUT2D eigenvalue weighted by molar-refractivity contribution is -0.152. The van der Waals surface area contributed by atoms with Gasteiger partial charge in [0.25, 0.3) is 0 Å². The zero-order valence-corrected chi connectivity index (χ0v) is 41.2. The fourth-order valence-corrected chi connectivity index (χ4v) is 11.1. The number of aliphatic carboxylic acids is 1. The summed E-state index contributed by atoms with van der Waals surface area (Å²) in [5, 5.41) is 15.9. The molecule has 4 heterocycles. The highest BCUT2D eigenvalue weighted by Crippen LogP contribution is 2.34. The van der Waals surface area contributed by atoms with Crippen molar-refractivity contribution in [1.29, 1.82) is 0 Å². The third kappa shape index (κ3) is 14.0. The number of carbonyl (C=O) groups excluding carboxylic acids is 5. The van der Waals surface area contributed by atoms with E-state index in [-0.39, 0.29) is 73.5 Å². The normalized spacial score (nSPS) is 28.5. The van der Waals surface area contributed by atoms with E-state index in [2.05, 4.69) is 10.6 Å². The largest absolute Gasteiger partial charge is 0.493 e. The smallest absolute Gasteiger partial charge is 0.328 e. The van der Waals surface area contributed by atoms with Crippen LogP contribution in [-0.4, -0.2) is 131 Å². The second-order valence-corrected chi connectivity index (χ2v) is 21.1. The molecule has 8 bridgehead atoms. The van der Waals surface area contributed by atoms with Crippen molar-refractivity contribution in [1.82, 2.24) is 20.4 Å². The fraction of sp³-hybridized carbons (Fsp3) is 0.660. The maximum absolute atomic E-state index is 13.9. The summed E-state index contributed by atoms with van der Waals surface area (Å²) in [6.45, 7) is 9.28. The highest BCUT2D eigenvalue weighted by atomic mass is 16.5. The Morgan fingerprint density at radius 1 is 0.638 bits per heavy atom. The van der Waals surface area contributed by atoms with Crippen LogP contribution in [0.25, 0.3) is 0 Å². The molecule has 4 aliphatic heterocycles. The Balaban J connectivity index is 0.000000204. The summed E-state index contributed by atoms with van der Waals surface area (Å²) < 4.78 is 29.6. The molecular weight excluding hydrogens is 885 g/mol. The summed E-state index contributed by atoms with van der Waals surface area (Å²) >= 11 is 0. The lowest BCUT2D eigenvalue weighted by Gasteiger charge is -2.34. The molecule has 0 radical (unpaired) electrons. The molecule has 8 rings (SSSR count). The van der Waals surface area contributed by atoms with Gasteiger partial charge in [-0.15, -0.1) is 0 Å². The van der Waals surface area contributed by atoms with Crippen LogP contribution in [0, 0.1) is 11.8 Å². The van der Waals surface area contributed by atoms with Crippen LogP contribution >= 0.6 is 0 Å². The maximum Gasteiger partial charge on any atom is 0.328 e. The number of carboxylic acid groups (broad SMARTS) is 1. The molecular formula is C53H74N4O12. The van der Waals surface area contributed by atoms with Crippen LogP contribution < -0.4 is 20.1 Å². The summed E-state index contributed by atoms with van der Waals surface area (Å²) in [6, 6.07) is 11.9. The minimum Gasteiger partial charge on any atom is -0.493 e. The van der Waals surface area contributed by atoms with Gasteiger partial charge in [0.1, 0.15) is 35.7 Å². The number of carbonyl (C=O) groups is 6.